The van der Waals surface area contributed by atoms with Crippen molar-refractivity contribution in [3.8, 4) is 5.75 Å². The van der Waals surface area contributed by atoms with E-state index in [0.717, 1.165) is 11.3 Å². The van der Waals surface area contributed by atoms with Gasteiger partial charge in [-0.05, 0) is 17.7 Å². The second-order valence-corrected chi connectivity index (χ2v) is 3.57. The van der Waals surface area contributed by atoms with Crippen molar-refractivity contribution in [3.63, 3.8) is 0 Å². The number of amidine groups is 1. The molecule has 2 rings (SSSR count). The van der Waals surface area contributed by atoms with Crippen molar-refractivity contribution in [2.75, 3.05) is 7.11 Å². The van der Waals surface area contributed by atoms with E-state index in [-0.39, 0.29) is 12.3 Å². The van der Waals surface area contributed by atoms with E-state index in [2.05, 4.69) is 5.10 Å². The Kier molecular flexibility index (Phi) is 2.76. The van der Waals surface area contributed by atoms with Gasteiger partial charge in [-0.1, -0.05) is 12.1 Å². The lowest BCUT2D eigenvalue weighted by Crippen LogP contribution is -2.20. The summed E-state index contributed by atoms with van der Waals surface area (Å²) < 4.78 is 5.05. The van der Waals surface area contributed by atoms with Crippen molar-refractivity contribution in [1.29, 1.82) is 0 Å². The first-order valence-corrected chi connectivity index (χ1v) is 4.95. The monoisotopic (exact) mass is 219 g/mol. The highest BCUT2D eigenvalue weighted by Crippen LogP contribution is 2.15. The molecule has 0 atom stereocenters. The van der Waals surface area contributed by atoms with Crippen LogP contribution < -0.4 is 10.5 Å². The van der Waals surface area contributed by atoms with Crippen LogP contribution >= 0.6 is 0 Å². The number of hydrogen-bond acceptors (Lipinski definition) is 4. The van der Waals surface area contributed by atoms with Gasteiger partial charge in [0.15, 0.2) is 0 Å². The van der Waals surface area contributed by atoms with Gasteiger partial charge < -0.3 is 10.5 Å². The molecule has 0 saturated carbocycles. The molecule has 0 radical (unpaired) electrons. The molecule has 5 nitrogen and oxygen atoms in total. The fourth-order valence-electron chi connectivity index (χ4n) is 1.52. The number of nitrogens with two attached hydrogens (primary N) is 1. The highest BCUT2D eigenvalue weighted by Gasteiger charge is 2.21. The summed E-state index contributed by atoms with van der Waals surface area (Å²) >= 11 is 0. The maximum absolute atomic E-state index is 11.4. The fourth-order valence-corrected chi connectivity index (χ4v) is 1.52. The first kappa shape index (κ1) is 10.5. The normalized spacial score (nSPS) is 15.2. The van der Waals surface area contributed by atoms with Crippen LogP contribution in [0.2, 0.25) is 0 Å². The molecule has 16 heavy (non-hydrogen) atoms. The molecule has 0 spiro atoms. The highest BCUT2D eigenvalue weighted by molar-refractivity contribution is 6.02. The van der Waals surface area contributed by atoms with Crippen molar-refractivity contribution in [2.24, 2.45) is 10.8 Å². The van der Waals surface area contributed by atoms with Gasteiger partial charge in [-0.3, -0.25) is 4.79 Å². The smallest absolute Gasteiger partial charge is 0.250 e. The molecule has 2 N–H and O–H groups in total. The molecule has 0 saturated heterocycles. The van der Waals surface area contributed by atoms with Crippen molar-refractivity contribution < 1.29 is 9.53 Å². The van der Waals surface area contributed by atoms with Crippen LogP contribution in [-0.2, 0) is 11.3 Å². The molecule has 1 aliphatic heterocycles. The molecule has 5 heteroatoms. The van der Waals surface area contributed by atoms with Crippen LogP contribution in [0.5, 0.6) is 5.75 Å². The average Bonchev–Trinajstić information content (AvgIpc) is 2.59. The van der Waals surface area contributed by atoms with Crippen molar-refractivity contribution >= 4 is 11.7 Å². The minimum Gasteiger partial charge on any atom is -0.497 e. The number of rotatable bonds is 3. The van der Waals surface area contributed by atoms with E-state index in [0.29, 0.717) is 12.4 Å². The van der Waals surface area contributed by atoms with Crippen LogP contribution in [0.4, 0.5) is 0 Å². The Morgan fingerprint density at radius 1 is 1.44 bits per heavy atom. The highest BCUT2D eigenvalue weighted by atomic mass is 16.5. The van der Waals surface area contributed by atoms with Crippen LogP contribution in [0.1, 0.15) is 12.0 Å². The van der Waals surface area contributed by atoms with Gasteiger partial charge in [-0.25, -0.2) is 5.01 Å². The van der Waals surface area contributed by atoms with E-state index in [4.69, 9.17) is 10.5 Å². The quantitative estimate of drug-likeness (QED) is 0.813. The lowest BCUT2D eigenvalue weighted by molar-refractivity contribution is -0.129. The summed E-state index contributed by atoms with van der Waals surface area (Å²) in [4.78, 5) is 11.4. The standard InChI is InChI=1S/C11H13N3O2/c1-16-9-4-2-8(3-5-9)7-14-11(15)6-10(12)13-14/h2-5H,6-7H2,1H3,(H2,12,13). The summed E-state index contributed by atoms with van der Waals surface area (Å²) in [6.45, 7) is 0.448. The molecule has 1 amide bonds. The number of carbonyl (C=O) groups excluding carboxylic acids is 1. The average molecular weight is 219 g/mol. The summed E-state index contributed by atoms with van der Waals surface area (Å²) in [6, 6.07) is 7.50. The number of hydrogen-bond donors (Lipinski definition) is 1. The third kappa shape index (κ3) is 2.13. The lowest BCUT2D eigenvalue weighted by atomic mass is 10.2. The van der Waals surface area contributed by atoms with Crippen molar-refractivity contribution in [1.82, 2.24) is 5.01 Å². The summed E-state index contributed by atoms with van der Waals surface area (Å²) in [5.41, 5.74) is 6.48. The Morgan fingerprint density at radius 2 is 2.12 bits per heavy atom. The zero-order valence-electron chi connectivity index (χ0n) is 9.01. The fraction of sp³-hybridized carbons (Fsp3) is 0.273. The number of hydrazone groups is 1. The SMILES string of the molecule is COc1ccc(CN2N=C(N)CC2=O)cc1. The number of nitrogens with zero attached hydrogens (tertiary/aromatic N) is 2. The van der Waals surface area contributed by atoms with Crippen LogP contribution in [0.3, 0.4) is 0 Å². The molecular formula is C11H13N3O2. The number of carbonyl (C=O) groups is 1. The molecule has 0 aliphatic carbocycles. The number of benzene rings is 1. The van der Waals surface area contributed by atoms with E-state index in [9.17, 15) is 4.79 Å². The molecule has 0 unspecified atom stereocenters. The predicted octanol–water partition coefficient (Wildman–Crippen LogP) is 0.700. The second kappa shape index (κ2) is 4.22. The summed E-state index contributed by atoms with van der Waals surface area (Å²) in [6.07, 6.45) is 0.218. The van der Waals surface area contributed by atoms with Crippen molar-refractivity contribution in [2.45, 2.75) is 13.0 Å². The van der Waals surface area contributed by atoms with Gasteiger partial charge in [0.1, 0.15) is 11.6 Å². The van der Waals surface area contributed by atoms with Gasteiger partial charge in [0.05, 0.1) is 20.1 Å². The molecule has 0 bridgehead atoms. The molecular weight excluding hydrogens is 206 g/mol. The molecule has 0 aromatic heterocycles. The first-order valence-electron chi connectivity index (χ1n) is 4.95. The van der Waals surface area contributed by atoms with Crippen LogP contribution in [0, 0.1) is 0 Å². The van der Waals surface area contributed by atoms with E-state index in [1.54, 1.807) is 7.11 Å². The third-order valence-electron chi connectivity index (χ3n) is 2.36. The topological polar surface area (TPSA) is 67.9 Å². The van der Waals surface area contributed by atoms with Gasteiger partial charge >= 0.3 is 0 Å². The second-order valence-electron chi connectivity index (χ2n) is 3.57. The summed E-state index contributed by atoms with van der Waals surface area (Å²) in [5, 5.41) is 5.34. The Morgan fingerprint density at radius 3 is 2.62 bits per heavy atom. The predicted molar refractivity (Wildman–Crippen MR) is 59.8 cm³/mol. The zero-order valence-corrected chi connectivity index (χ0v) is 9.01. The lowest BCUT2D eigenvalue weighted by Gasteiger charge is -2.11. The Hall–Kier alpha value is -2.04. The Labute approximate surface area is 93.5 Å². The van der Waals surface area contributed by atoms with Gasteiger partial charge in [-0.15, -0.1) is 0 Å². The minimum atomic E-state index is -0.0617. The van der Waals surface area contributed by atoms with E-state index < -0.39 is 0 Å². The minimum absolute atomic E-state index is 0.0617. The van der Waals surface area contributed by atoms with E-state index >= 15 is 0 Å². The molecule has 1 aromatic carbocycles. The summed E-state index contributed by atoms with van der Waals surface area (Å²) in [7, 11) is 1.62. The van der Waals surface area contributed by atoms with Gasteiger partial charge in [0, 0.05) is 0 Å². The zero-order chi connectivity index (χ0) is 11.5. The van der Waals surface area contributed by atoms with Gasteiger partial charge in [0.25, 0.3) is 5.91 Å². The number of amides is 1. The molecule has 1 heterocycles. The maximum atomic E-state index is 11.4. The molecule has 1 aliphatic rings. The number of ether oxygens (including phenoxy) is 1. The van der Waals surface area contributed by atoms with Gasteiger partial charge in [0.2, 0.25) is 0 Å². The summed E-state index contributed by atoms with van der Waals surface area (Å²) in [5.74, 6) is 1.10. The number of methoxy groups -OCH3 is 1. The molecule has 0 fully saturated rings. The van der Waals surface area contributed by atoms with Crippen LogP contribution in [0.15, 0.2) is 29.4 Å². The Bertz CT molecular complexity index is 425. The third-order valence-corrected chi connectivity index (χ3v) is 2.36. The van der Waals surface area contributed by atoms with E-state index in [1.807, 2.05) is 24.3 Å². The van der Waals surface area contributed by atoms with Crippen LogP contribution in [0.25, 0.3) is 0 Å². The van der Waals surface area contributed by atoms with Crippen molar-refractivity contribution in [3.05, 3.63) is 29.8 Å². The van der Waals surface area contributed by atoms with E-state index in [1.165, 1.54) is 5.01 Å². The first-order chi connectivity index (χ1) is 7.69. The van der Waals surface area contributed by atoms with Gasteiger partial charge in [-0.2, -0.15) is 5.10 Å². The molecule has 84 valence electrons. The van der Waals surface area contributed by atoms with Crippen LogP contribution in [-0.4, -0.2) is 23.9 Å². The Balaban J connectivity index is 2.06. The largest absolute Gasteiger partial charge is 0.497 e. The maximum Gasteiger partial charge on any atom is 0.250 e. The molecule has 1 aromatic rings.